The van der Waals surface area contributed by atoms with E-state index in [1.807, 2.05) is 0 Å². The average Bonchev–Trinajstić information content (AvgIpc) is 3.22. The molecule has 0 aromatic carbocycles. The molecular weight excluding hydrogens is 300 g/mol. The molecule has 3 rings (SSSR count). The Bertz CT molecular complexity index is 478. The van der Waals surface area contributed by atoms with E-state index in [1.54, 1.807) is 0 Å². The molecule has 1 heterocycles. The van der Waals surface area contributed by atoms with E-state index in [2.05, 4.69) is 6.92 Å². The van der Waals surface area contributed by atoms with Crippen molar-refractivity contribution in [2.24, 2.45) is 17.8 Å². The highest BCUT2D eigenvalue weighted by atomic mass is 16.6. The third-order valence-corrected chi connectivity index (χ3v) is 5.72. The van der Waals surface area contributed by atoms with Crippen molar-refractivity contribution < 1.29 is 28.9 Å². The Morgan fingerprint density at radius 2 is 1.96 bits per heavy atom. The Morgan fingerprint density at radius 3 is 2.65 bits per heavy atom. The predicted octanol–water partition coefficient (Wildman–Crippen LogP) is 1.44. The number of ether oxygens (including phenoxy) is 3. The van der Waals surface area contributed by atoms with E-state index >= 15 is 0 Å². The zero-order chi connectivity index (χ0) is 16.6. The monoisotopic (exact) mass is 326 g/mol. The summed E-state index contributed by atoms with van der Waals surface area (Å²) >= 11 is 0. The average molecular weight is 326 g/mol. The fourth-order valence-electron chi connectivity index (χ4n) is 4.02. The fourth-order valence-corrected chi connectivity index (χ4v) is 4.02. The van der Waals surface area contributed by atoms with Gasteiger partial charge in [-0.1, -0.05) is 0 Å². The molecule has 0 aromatic rings. The van der Waals surface area contributed by atoms with Gasteiger partial charge in [0.25, 0.3) is 0 Å². The Hall–Kier alpha value is -1.14. The van der Waals surface area contributed by atoms with Gasteiger partial charge in [0.05, 0.1) is 43.4 Å². The summed E-state index contributed by atoms with van der Waals surface area (Å²) in [6.07, 6.45) is 3.93. The van der Waals surface area contributed by atoms with Crippen LogP contribution in [0.25, 0.3) is 0 Å². The number of carbonyl (C=O) groups excluding carboxylic acids is 2. The molecule has 0 amide bonds. The molecule has 6 atom stereocenters. The summed E-state index contributed by atoms with van der Waals surface area (Å²) in [7, 11) is 1.32. The Kier molecular flexibility index (Phi) is 4.65. The third kappa shape index (κ3) is 3.53. The lowest BCUT2D eigenvalue weighted by Crippen LogP contribution is -2.39. The number of aliphatic hydroxyl groups excluding tert-OH is 1. The minimum absolute atomic E-state index is 0.0595. The maximum absolute atomic E-state index is 12.4. The molecule has 0 radical (unpaired) electrons. The molecule has 0 spiro atoms. The zero-order valence-electron chi connectivity index (χ0n) is 13.8. The number of aliphatic hydroxyl groups is 1. The molecule has 0 aromatic heterocycles. The molecule has 0 bridgehead atoms. The molecular formula is C17H26O6. The van der Waals surface area contributed by atoms with E-state index in [-0.39, 0.29) is 18.0 Å². The molecule has 5 unspecified atom stereocenters. The van der Waals surface area contributed by atoms with Crippen LogP contribution >= 0.6 is 0 Å². The van der Waals surface area contributed by atoms with Gasteiger partial charge in [-0.2, -0.15) is 0 Å². The van der Waals surface area contributed by atoms with Gasteiger partial charge in [0.1, 0.15) is 0 Å². The molecule has 1 saturated heterocycles. The zero-order valence-corrected chi connectivity index (χ0v) is 13.8. The molecule has 2 aliphatic carbocycles. The van der Waals surface area contributed by atoms with Gasteiger partial charge < -0.3 is 19.3 Å². The third-order valence-electron chi connectivity index (χ3n) is 5.72. The number of esters is 2. The van der Waals surface area contributed by atoms with Crippen molar-refractivity contribution in [1.82, 2.24) is 0 Å². The number of fused-ring (bicyclic) bond motifs is 1. The number of carbonyl (C=O) groups is 2. The van der Waals surface area contributed by atoms with Crippen LogP contribution in [0.15, 0.2) is 0 Å². The van der Waals surface area contributed by atoms with Crippen LogP contribution in [0.2, 0.25) is 0 Å². The fraction of sp³-hybridized carbons (Fsp3) is 0.882. The summed E-state index contributed by atoms with van der Waals surface area (Å²) in [5.74, 6) is -1.55. The van der Waals surface area contributed by atoms with Gasteiger partial charge in [0.2, 0.25) is 0 Å². The topological polar surface area (TPSA) is 85.4 Å². The first-order valence-electron chi connectivity index (χ1n) is 8.53. The first-order chi connectivity index (χ1) is 10.9. The smallest absolute Gasteiger partial charge is 0.309 e. The molecule has 1 N–H and O–H groups in total. The van der Waals surface area contributed by atoms with Crippen molar-refractivity contribution in [3.05, 3.63) is 0 Å². The van der Waals surface area contributed by atoms with Crippen molar-refractivity contribution in [2.75, 3.05) is 13.7 Å². The van der Waals surface area contributed by atoms with Gasteiger partial charge in [0, 0.05) is 0 Å². The van der Waals surface area contributed by atoms with Crippen LogP contribution < -0.4 is 0 Å². The number of epoxide rings is 1. The van der Waals surface area contributed by atoms with Gasteiger partial charge in [-0.05, 0) is 51.4 Å². The molecule has 6 heteroatoms. The van der Waals surface area contributed by atoms with E-state index in [9.17, 15) is 14.7 Å². The van der Waals surface area contributed by atoms with Crippen molar-refractivity contribution in [1.29, 1.82) is 0 Å². The molecule has 23 heavy (non-hydrogen) atoms. The summed E-state index contributed by atoms with van der Waals surface area (Å²) in [6, 6.07) is 0. The summed E-state index contributed by atoms with van der Waals surface area (Å²) in [6.45, 7) is 2.50. The molecule has 3 aliphatic rings. The number of hydrogen-bond donors (Lipinski definition) is 1. The lowest BCUT2D eigenvalue weighted by atomic mass is 9.78. The van der Waals surface area contributed by atoms with Crippen molar-refractivity contribution in [3.63, 3.8) is 0 Å². The quantitative estimate of drug-likeness (QED) is 0.621. The van der Waals surface area contributed by atoms with Gasteiger partial charge in [0.15, 0.2) is 0 Å². The van der Waals surface area contributed by atoms with Crippen LogP contribution in [-0.4, -0.2) is 48.6 Å². The molecule has 3 fully saturated rings. The first-order valence-corrected chi connectivity index (χ1v) is 8.53. The molecule has 1 aliphatic heterocycles. The van der Waals surface area contributed by atoms with Crippen LogP contribution in [0.1, 0.15) is 45.4 Å². The Balaban J connectivity index is 1.52. The minimum Gasteiger partial charge on any atom is -0.469 e. The van der Waals surface area contributed by atoms with E-state index in [0.29, 0.717) is 31.5 Å². The molecule has 130 valence electrons. The van der Waals surface area contributed by atoms with Crippen LogP contribution in [0.3, 0.4) is 0 Å². The number of methoxy groups -OCH3 is 1. The van der Waals surface area contributed by atoms with E-state index < -0.39 is 23.9 Å². The van der Waals surface area contributed by atoms with Crippen LogP contribution in [0.4, 0.5) is 0 Å². The Labute approximate surface area is 136 Å². The summed E-state index contributed by atoms with van der Waals surface area (Å²) < 4.78 is 15.9. The highest BCUT2D eigenvalue weighted by Gasteiger charge is 2.55. The second-order valence-corrected chi connectivity index (χ2v) is 7.39. The first kappa shape index (κ1) is 16.7. The molecule has 2 saturated carbocycles. The predicted molar refractivity (Wildman–Crippen MR) is 80.4 cm³/mol. The Morgan fingerprint density at radius 1 is 1.17 bits per heavy atom. The highest BCUT2D eigenvalue weighted by molar-refractivity contribution is 5.82. The standard InChI is InChI=1S/C17H26O6/c1-17-6-5-10(7-14(17)23-17)9-22-16(20)13-8-11(18)3-4-12(13)15(19)21-2/h10-14,18H,3-9H2,1-2H3/t10?,11-,12?,13?,14?,17?/m1/s1. The van der Waals surface area contributed by atoms with Gasteiger partial charge in [-0.3, -0.25) is 9.59 Å². The van der Waals surface area contributed by atoms with Crippen molar-refractivity contribution in [2.45, 2.75) is 63.3 Å². The van der Waals surface area contributed by atoms with Gasteiger partial charge in [-0.15, -0.1) is 0 Å². The van der Waals surface area contributed by atoms with Gasteiger partial charge >= 0.3 is 11.9 Å². The van der Waals surface area contributed by atoms with E-state index in [0.717, 1.165) is 19.3 Å². The van der Waals surface area contributed by atoms with Crippen molar-refractivity contribution in [3.8, 4) is 0 Å². The summed E-state index contributed by atoms with van der Waals surface area (Å²) in [5, 5.41) is 9.81. The van der Waals surface area contributed by atoms with E-state index in [4.69, 9.17) is 14.2 Å². The SMILES string of the molecule is COC(=O)C1CC[C@@H](O)CC1C(=O)OCC1CCC2(C)OC2C1. The maximum Gasteiger partial charge on any atom is 0.309 e. The number of rotatable bonds is 4. The van der Waals surface area contributed by atoms with Crippen LogP contribution in [0, 0.1) is 17.8 Å². The maximum atomic E-state index is 12.4. The summed E-state index contributed by atoms with van der Waals surface area (Å²) in [4.78, 5) is 24.2. The largest absolute Gasteiger partial charge is 0.469 e. The van der Waals surface area contributed by atoms with Crippen molar-refractivity contribution >= 4 is 11.9 Å². The van der Waals surface area contributed by atoms with E-state index in [1.165, 1.54) is 7.11 Å². The lowest BCUT2D eigenvalue weighted by Gasteiger charge is -2.31. The second-order valence-electron chi connectivity index (χ2n) is 7.39. The lowest BCUT2D eigenvalue weighted by molar-refractivity contribution is -0.164. The minimum atomic E-state index is -0.600. The summed E-state index contributed by atoms with van der Waals surface area (Å²) in [5.41, 5.74) is 0.0595. The van der Waals surface area contributed by atoms with Crippen LogP contribution in [0.5, 0.6) is 0 Å². The molecule has 6 nitrogen and oxygen atoms in total. The second kappa shape index (κ2) is 6.40. The van der Waals surface area contributed by atoms with Gasteiger partial charge in [-0.25, -0.2) is 0 Å². The number of hydrogen-bond acceptors (Lipinski definition) is 6. The van der Waals surface area contributed by atoms with Crippen LogP contribution in [-0.2, 0) is 23.8 Å². The highest BCUT2D eigenvalue weighted by Crippen LogP contribution is 2.49. The normalized spacial score (nSPS) is 42.5.